The molecule has 4 heteroatoms. The van der Waals surface area contributed by atoms with Gasteiger partial charge in [-0.25, -0.2) is 4.98 Å². The molecule has 2 rings (SSSR count). The smallest absolute Gasteiger partial charge is 0.115 e. The molecule has 0 aliphatic carbocycles. The molecule has 2 N–H and O–H groups in total. The summed E-state index contributed by atoms with van der Waals surface area (Å²) in [6, 6.07) is 7.93. The third-order valence-corrected chi connectivity index (χ3v) is 3.56. The number of benzene rings is 1. The first-order valence-corrected chi connectivity index (χ1v) is 7.12. The number of nitrogens with one attached hydrogen (secondary N) is 1. The van der Waals surface area contributed by atoms with Crippen LogP contribution in [0.15, 0.2) is 36.7 Å². The predicted octanol–water partition coefficient (Wildman–Crippen LogP) is 2.28. The van der Waals surface area contributed by atoms with Gasteiger partial charge in [-0.05, 0) is 37.5 Å². The Labute approximate surface area is 120 Å². The van der Waals surface area contributed by atoms with E-state index in [2.05, 4.69) is 21.8 Å². The van der Waals surface area contributed by atoms with Crippen molar-refractivity contribution in [3.63, 3.8) is 0 Å². The molecule has 0 bridgehead atoms. The molecule has 0 fully saturated rings. The number of imidazole rings is 1. The Bertz CT molecular complexity index is 519. The van der Waals surface area contributed by atoms with E-state index < -0.39 is 0 Å². The minimum atomic E-state index is 0.329. The van der Waals surface area contributed by atoms with E-state index in [1.54, 1.807) is 12.1 Å². The van der Waals surface area contributed by atoms with Gasteiger partial charge in [-0.2, -0.15) is 0 Å². The molecule has 1 atom stereocenters. The summed E-state index contributed by atoms with van der Waals surface area (Å²) in [5.74, 6) is 1.44. The van der Waals surface area contributed by atoms with Gasteiger partial charge in [0, 0.05) is 38.4 Å². The number of hydrogen-bond donors (Lipinski definition) is 2. The van der Waals surface area contributed by atoms with Gasteiger partial charge in [-0.15, -0.1) is 0 Å². The molecule has 1 aromatic carbocycles. The lowest BCUT2D eigenvalue weighted by molar-refractivity contribution is 0.474. The number of phenolic OH excluding ortho intramolecular Hbond substituents is 1. The molecule has 1 unspecified atom stereocenters. The van der Waals surface area contributed by atoms with E-state index in [4.69, 9.17) is 0 Å². The summed E-state index contributed by atoms with van der Waals surface area (Å²) in [5.41, 5.74) is 1.26. The number of aromatic hydroxyl groups is 1. The third-order valence-electron chi connectivity index (χ3n) is 3.56. The average molecular weight is 273 g/mol. The fourth-order valence-corrected chi connectivity index (χ4v) is 2.22. The third kappa shape index (κ3) is 4.38. The Morgan fingerprint density at radius 2 is 2.00 bits per heavy atom. The first-order valence-electron chi connectivity index (χ1n) is 7.12. The lowest BCUT2D eigenvalue weighted by Crippen LogP contribution is -2.29. The zero-order chi connectivity index (χ0) is 14.4. The summed E-state index contributed by atoms with van der Waals surface area (Å²) in [6.07, 6.45) is 6.88. The van der Waals surface area contributed by atoms with Crippen LogP contribution in [0, 0.1) is 0 Å². The van der Waals surface area contributed by atoms with E-state index in [0.717, 1.165) is 31.6 Å². The molecule has 1 heterocycles. The molecule has 2 aromatic rings. The molecule has 0 spiro atoms. The van der Waals surface area contributed by atoms with Crippen LogP contribution >= 0.6 is 0 Å². The van der Waals surface area contributed by atoms with E-state index in [9.17, 15) is 5.11 Å². The summed E-state index contributed by atoms with van der Waals surface area (Å²) in [4.78, 5) is 4.31. The number of phenols is 1. The van der Waals surface area contributed by atoms with Crippen LogP contribution in [0.2, 0.25) is 0 Å². The van der Waals surface area contributed by atoms with Gasteiger partial charge in [-0.3, -0.25) is 0 Å². The second-order valence-corrected chi connectivity index (χ2v) is 5.26. The highest BCUT2D eigenvalue weighted by Gasteiger charge is 2.04. The Kier molecular flexibility index (Phi) is 5.18. The fraction of sp³-hybridized carbons (Fsp3) is 0.438. The standard InChI is InChI=1S/C16H23N3O/c1-13(3-4-14-5-7-15(20)8-6-14)17-10-9-16-18-11-12-19(16)2/h5-8,11-13,17,20H,3-4,9-10H2,1-2H3. The number of aryl methyl sites for hydroxylation is 2. The summed E-state index contributed by atoms with van der Waals surface area (Å²) < 4.78 is 2.06. The molecule has 0 aliphatic rings. The first-order chi connectivity index (χ1) is 9.65. The Morgan fingerprint density at radius 1 is 1.25 bits per heavy atom. The van der Waals surface area contributed by atoms with Crippen molar-refractivity contribution in [2.24, 2.45) is 7.05 Å². The summed E-state index contributed by atoms with van der Waals surface area (Å²) in [6.45, 7) is 3.15. The predicted molar refractivity (Wildman–Crippen MR) is 80.8 cm³/mol. The Morgan fingerprint density at radius 3 is 2.65 bits per heavy atom. The Hall–Kier alpha value is -1.81. The van der Waals surface area contributed by atoms with Gasteiger partial charge >= 0.3 is 0 Å². The fourth-order valence-electron chi connectivity index (χ4n) is 2.22. The second kappa shape index (κ2) is 7.10. The van der Waals surface area contributed by atoms with Gasteiger partial charge in [0.25, 0.3) is 0 Å². The van der Waals surface area contributed by atoms with Crippen molar-refractivity contribution >= 4 is 0 Å². The highest BCUT2D eigenvalue weighted by atomic mass is 16.3. The topological polar surface area (TPSA) is 50.1 Å². The van der Waals surface area contributed by atoms with E-state index in [0.29, 0.717) is 11.8 Å². The molecule has 4 nitrogen and oxygen atoms in total. The molecule has 0 saturated heterocycles. The molecule has 0 aliphatic heterocycles. The maximum Gasteiger partial charge on any atom is 0.115 e. The maximum absolute atomic E-state index is 9.24. The lowest BCUT2D eigenvalue weighted by atomic mass is 10.1. The van der Waals surface area contributed by atoms with Crippen molar-refractivity contribution in [1.29, 1.82) is 0 Å². The van der Waals surface area contributed by atoms with Crippen LogP contribution in [-0.2, 0) is 19.9 Å². The largest absolute Gasteiger partial charge is 0.508 e. The minimum absolute atomic E-state index is 0.329. The molecule has 0 saturated carbocycles. The van der Waals surface area contributed by atoms with Gasteiger partial charge in [-0.1, -0.05) is 12.1 Å². The van der Waals surface area contributed by atoms with E-state index >= 15 is 0 Å². The highest BCUT2D eigenvalue weighted by Crippen LogP contribution is 2.11. The van der Waals surface area contributed by atoms with E-state index in [-0.39, 0.29) is 0 Å². The zero-order valence-corrected chi connectivity index (χ0v) is 12.2. The van der Waals surface area contributed by atoms with Crippen molar-refractivity contribution in [1.82, 2.24) is 14.9 Å². The van der Waals surface area contributed by atoms with Crippen LogP contribution in [0.4, 0.5) is 0 Å². The SMILES string of the molecule is CC(CCc1ccc(O)cc1)NCCc1nccn1C. The van der Waals surface area contributed by atoms with Crippen molar-refractivity contribution in [3.05, 3.63) is 48.0 Å². The number of nitrogens with zero attached hydrogens (tertiary/aromatic N) is 2. The molecule has 20 heavy (non-hydrogen) atoms. The molecule has 108 valence electrons. The van der Waals surface area contributed by atoms with Crippen LogP contribution in [-0.4, -0.2) is 27.2 Å². The normalized spacial score (nSPS) is 12.5. The molecular weight excluding hydrogens is 250 g/mol. The molecule has 0 amide bonds. The summed E-state index contributed by atoms with van der Waals surface area (Å²) in [7, 11) is 2.02. The van der Waals surface area contributed by atoms with E-state index in [1.165, 1.54) is 5.56 Å². The van der Waals surface area contributed by atoms with Crippen molar-refractivity contribution in [3.8, 4) is 5.75 Å². The van der Waals surface area contributed by atoms with Crippen molar-refractivity contribution < 1.29 is 5.11 Å². The highest BCUT2D eigenvalue weighted by molar-refractivity contribution is 5.25. The lowest BCUT2D eigenvalue weighted by Gasteiger charge is -2.13. The zero-order valence-electron chi connectivity index (χ0n) is 12.2. The second-order valence-electron chi connectivity index (χ2n) is 5.26. The van der Waals surface area contributed by atoms with Crippen molar-refractivity contribution in [2.45, 2.75) is 32.2 Å². The van der Waals surface area contributed by atoms with Gasteiger partial charge in [0.1, 0.15) is 11.6 Å². The Balaban J connectivity index is 1.66. The quantitative estimate of drug-likeness (QED) is 0.813. The summed E-state index contributed by atoms with van der Waals surface area (Å²) in [5, 5.41) is 12.8. The number of aromatic nitrogens is 2. The van der Waals surface area contributed by atoms with Crippen LogP contribution in [0.5, 0.6) is 5.75 Å². The van der Waals surface area contributed by atoms with Crippen molar-refractivity contribution in [2.75, 3.05) is 6.54 Å². The van der Waals surface area contributed by atoms with Gasteiger partial charge in [0.15, 0.2) is 0 Å². The first kappa shape index (κ1) is 14.6. The van der Waals surface area contributed by atoms with Crippen LogP contribution < -0.4 is 5.32 Å². The molecular formula is C16H23N3O. The number of rotatable bonds is 7. The van der Waals surface area contributed by atoms with E-state index in [1.807, 2.05) is 31.6 Å². The number of hydrogen-bond acceptors (Lipinski definition) is 3. The van der Waals surface area contributed by atoms with Crippen LogP contribution in [0.1, 0.15) is 24.7 Å². The average Bonchev–Trinajstić information content (AvgIpc) is 2.84. The molecule has 1 aromatic heterocycles. The van der Waals surface area contributed by atoms with Gasteiger partial charge < -0.3 is 15.0 Å². The summed E-state index contributed by atoms with van der Waals surface area (Å²) >= 11 is 0. The maximum atomic E-state index is 9.24. The molecule has 0 radical (unpaired) electrons. The van der Waals surface area contributed by atoms with Crippen LogP contribution in [0.25, 0.3) is 0 Å². The van der Waals surface area contributed by atoms with Crippen LogP contribution in [0.3, 0.4) is 0 Å². The monoisotopic (exact) mass is 273 g/mol. The minimum Gasteiger partial charge on any atom is -0.508 e. The van der Waals surface area contributed by atoms with Gasteiger partial charge in [0.05, 0.1) is 0 Å². The van der Waals surface area contributed by atoms with Gasteiger partial charge in [0.2, 0.25) is 0 Å².